The molecule has 8 aromatic heterocycles. The Kier molecular flexibility index (Phi) is 18.8. The van der Waals surface area contributed by atoms with E-state index < -0.39 is 5.91 Å². The maximum atomic E-state index is 11.1. The van der Waals surface area contributed by atoms with Crippen LogP contribution in [0.1, 0.15) is 17.3 Å². The van der Waals surface area contributed by atoms with E-state index in [0.29, 0.717) is 81.5 Å². The van der Waals surface area contributed by atoms with Gasteiger partial charge in [-0.1, -0.05) is 46.4 Å². The third-order valence-corrected chi connectivity index (χ3v) is 14.3. The minimum absolute atomic E-state index is 0.0102. The zero-order valence-electron chi connectivity index (χ0n) is 41.2. The molecule has 0 unspecified atom stereocenters. The zero-order chi connectivity index (χ0) is 58.6. The number of halogens is 4. The first kappa shape index (κ1) is 58.1. The van der Waals surface area contributed by atoms with Gasteiger partial charge in [-0.05, 0) is 101 Å². The molecule has 36 heteroatoms. The van der Waals surface area contributed by atoms with Crippen LogP contribution >= 0.6 is 92.5 Å². The van der Waals surface area contributed by atoms with Crippen LogP contribution in [-0.4, -0.2) is 89.6 Å². The third-order valence-electron chi connectivity index (χ3n) is 10.1. The second kappa shape index (κ2) is 26.8. The number of nitrogens with two attached hydrogens (primary N) is 1. The lowest BCUT2D eigenvalue weighted by atomic mass is 10.2. The Balaban J connectivity index is 0.000000133. The molecule has 0 aliphatic carbocycles. The molecule has 0 saturated heterocycles. The Morgan fingerprint density at radius 1 is 0.470 bits per heavy atom. The summed E-state index contributed by atoms with van der Waals surface area (Å²) in [6.45, 7) is 1.32. The minimum atomic E-state index is -0.735. The van der Waals surface area contributed by atoms with E-state index in [9.17, 15) is 30.0 Å². The lowest BCUT2D eigenvalue weighted by molar-refractivity contribution is -0.114. The van der Waals surface area contributed by atoms with Crippen LogP contribution in [0.25, 0.3) is 44.1 Å². The first-order valence-electron chi connectivity index (χ1n) is 22.6. The first-order valence-corrected chi connectivity index (χ1v) is 27.2. The molecule has 2 amide bonds. The van der Waals surface area contributed by atoms with E-state index in [4.69, 9.17) is 52.1 Å². The molecule has 0 aliphatic heterocycles. The summed E-state index contributed by atoms with van der Waals surface area (Å²) in [6, 6.07) is 14.5. The van der Waals surface area contributed by atoms with Crippen LogP contribution in [0.15, 0.2) is 152 Å². The van der Waals surface area contributed by atoms with Crippen molar-refractivity contribution in [3.05, 3.63) is 136 Å². The summed E-state index contributed by atoms with van der Waals surface area (Å²) in [7, 11) is 0. The van der Waals surface area contributed by atoms with Crippen molar-refractivity contribution in [2.75, 3.05) is 5.32 Å². The monoisotopic (exact) mass is 1260 g/mol. The van der Waals surface area contributed by atoms with E-state index in [1.165, 1.54) is 98.4 Å². The molecule has 0 aliphatic rings. The fourth-order valence-corrected chi connectivity index (χ4v) is 9.59. The molecule has 414 valence electrons. The van der Waals surface area contributed by atoms with Gasteiger partial charge < -0.3 is 31.5 Å². The number of amides is 2. The van der Waals surface area contributed by atoms with Gasteiger partial charge in [0.05, 0.1) is 69.9 Å². The Hall–Kier alpha value is -9.54. The third kappa shape index (κ3) is 14.7. The summed E-state index contributed by atoms with van der Waals surface area (Å²) >= 11 is 28.1. The van der Waals surface area contributed by atoms with E-state index >= 15 is 0 Å². The molecule has 4 aromatic carbocycles. The Labute approximate surface area is 499 Å². The number of carbonyl (C=O) groups excluding carboxylic acids is 2. The van der Waals surface area contributed by atoms with Crippen LogP contribution in [0.2, 0.25) is 20.1 Å². The van der Waals surface area contributed by atoms with Crippen molar-refractivity contribution in [1.29, 1.82) is 0 Å². The van der Waals surface area contributed by atoms with Gasteiger partial charge in [-0.15, -0.1) is 40.9 Å². The van der Waals surface area contributed by atoms with Gasteiger partial charge in [-0.3, -0.25) is 9.59 Å². The smallest absolute Gasteiger partial charge is 0.252 e. The van der Waals surface area contributed by atoms with Crippen LogP contribution in [0.4, 0.5) is 48.4 Å². The van der Waals surface area contributed by atoms with Gasteiger partial charge in [0.25, 0.3) is 5.91 Å². The van der Waals surface area contributed by atoms with Crippen molar-refractivity contribution in [2.24, 2.45) is 46.6 Å². The van der Waals surface area contributed by atoms with Gasteiger partial charge in [0.1, 0.15) is 48.2 Å². The molecule has 8 heterocycles. The normalized spacial score (nSPS) is 11.3. The fourth-order valence-electron chi connectivity index (χ4n) is 6.30. The number of phenolic OH excluding ortho intramolecular Hbond substituents is 3. The van der Waals surface area contributed by atoms with Gasteiger partial charge in [-0.25, -0.2) is 39.9 Å². The van der Waals surface area contributed by atoms with Gasteiger partial charge in [0, 0.05) is 37.8 Å². The standard InChI is InChI=1S/C13H9ClN6O2S.C12H8N6O2S.C11H5Cl2N5OS.C11H6ClN5OS/c1-6(21)17-10-3-7(2-9(14)11(10)22)18-19-13-8-4-15-5-16-12(8)20-23-13;13-10(20)7-3-6(1-2-9(7)19)16-17-12-8-4-14-5-15-11(8)18-21-12;12-6-2-9(19)7(13)1-8(6)16-17-11-5-3-14-4-15-10(5)18-20-11;12-8-3-6(1-2-9(8)18)15-16-11-7-4-13-5-14-10(7)17-19-11/h2-5,22H,1H3,(H,17,21);1-5,19H,(H2,13,20);1-4,19H;1-5,18H. The quantitative estimate of drug-likeness (QED) is 0.0547. The predicted molar refractivity (Wildman–Crippen MR) is 313 cm³/mol. The van der Waals surface area contributed by atoms with Crippen LogP contribution in [0.3, 0.4) is 0 Å². The molecule has 0 spiro atoms. The van der Waals surface area contributed by atoms with E-state index in [2.05, 4.69) is 104 Å². The van der Waals surface area contributed by atoms with Gasteiger partial charge >= 0.3 is 0 Å². The summed E-state index contributed by atoms with van der Waals surface area (Å²) < 4.78 is 16.5. The molecule has 0 atom stereocenters. The summed E-state index contributed by atoms with van der Waals surface area (Å²) in [5.41, 5.74) is 9.21. The largest absolute Gasteiger partial charge is 0.507 e. The number of azo groups is 4. The second-order valence-corrected chi connectivity index (χ2v) is 20.4. The average molecular weight is 1270 g/mol. The van der Waals surface area contributed by atoms with Crippen LogP contribution < -0.4 is 11.1 Å². The summed E-state index contributed by atoms with van der Waals surface area (Å²) in [4.78, 5) is 54.0. The van der Waals surface area contributed by atoms with Crippen molar-refractivity contribution in [3.8, 4) is 23.0 Å². The van der Waals surface area contributed by atoms with E-state index in [0.717, 1.165) is 40.0 Å². The summed E-state index contributed by atoms with van der Waals surface area (Å²) in [5, 5.41) is 78.8. The van der Waals surface area contributed by atoms with Crippen molar-refractivity contribution in [2.45, 2.75) is 6.92 Å². The Morgan fingerprint density at radius 3 is 1.33 bits per heavy atom. The van der Waals surface area contributed by atoms with E-state index in [1.807, 2.05) is 0 Å². The maximum Gasteiger partial charge on any atom is 0.252 e. The second-order valence-electron chi connectivity index (χ2n) is 15.8. The molecule has 0 saturated carbocycles. The number of carbonyl (C=O) groups is 2. The number of phenols is 4. The fraction of sp³-hybridized carbons (Fsp3) is 0.0213. The number of primary amides is 1. The number of benzene rings is 4. The number of anilines is 1. The van der Waals surface area contributed by atoms with E-state index in [1.54, 1.807) is 30.9 Å². The van der Waals surface area contributed by atoms with E-state index in [-0.39, 0.29) is 60.2 Å². The molecular formula is C47H28Cl4N22O6S4. The molecule has 0 fully saturated rings. The number of hydrogen-bond acceptors (Lipinski definition) is 30. The highest BCUT2D eigenvalue weighted by Crippen LogP contribution is 2.40. The predicted octanol–water partition coefficient (Wildman–Crippen LogP) is 14.5. The number of fused-ring (bicyclic) bond motifs is 4. The number of nitrogens with one attached hydrogen (secondary N) is 1. The number of aromatic hydroxyl groups is 4. The number of nitrogens with zero attached hydrogens (tertiary/aromatic N) is 20. The van der Waals surface area contributed by atoms with Crippen LogP contribution in [0.5, 0.6) is 23.0 Å². The van der Waals surface area contributed by atoms with Crippen molar-refractivity contribution in [1.82, 2.24) is 57.4 Å². The highest BCUT2D eigenvalue weighted by Gasteiger charge is 2.14. The SMILES string of the molecule is CC(=O)Nc1cc(N=Nc2snc3ncncc23)cc(Cl)c1O.NC(=O)c1cc(N=Nc2snc3ncncc23)ccc1O.Oc1cc(Cl)c(N=Nc2snc3ncncc23)cc1Cl.Oc1ccc(N=Nc2snc3ncncc23)cc1Cl. The van der Waals surface area contributed by atoms with Crippen molar-refractivity contribution in [3.63, 3.8) is 0 Å². The first-order chi connectivity index (χ1) is 40.1. The lowest BCUT2D eigenvalue weighted by Gasteiger charge is -2.07. The van der Waals surface area contributed by atoms with Crippen molar-refractivity contribution < 1.29 is 30.0 Å². The molecule has 0 bridgehead atoms. The Bertz CT molecular complexity index is 4510. The summed E-state index contributed by atoms with van der Waals surface area (Å²) in [5.74, 6) is -1.59. The average Bonchev–Trinajstić information content (AvgIpc) is 4.36. The zero-order valence-corrected chi connectivity index (χ0v) is 47.5. The van der Waals surface area contributed by atoms with Crippen molar-refractivity contribution >= 4 is 197 Å². The number of rotatable bonds is 10. The van der Waals surface area contributed by atoms with Gasteiger partial charge in [0.15, 0.2) is 48.3 Å². The maximum absolute atomic E-state index is 11.1. The number of aromatic nitrogens is 12. The molecule has 12 rings (SSSR count). The molecule has 0 radical (unpaired) electrons. The molecule has 83 heavy (non-hydrogen) atoms. The topological polar surface area (TPSA) is 407 Å². The molecular weight excluding hydrogens is 1240 g/mol. The molecule has 12 aromatic rings. The molecule has 7 N–H and O–H groups in total. The molecule has 28 nitrogen and oxygen atoms in total. The van der Waals surface area contributed by atoms with Gasteiger partial charge in [-0.2, -0.15) is 17.5 Å². The van der Waals surface area contributed by atoms with Gasteiger partial charge in [0.2, 0.25) is 5.91 Å². The Morgan fingerprint density at radius 2 is 0.880 bits per heavy atom. The highest BCUT2D eigenvalue weighted by atomic mass is 35.5. The number of hydrogen-bond donors (Lipinski definition) is 6. The highest BCUT2D eigenvalue weighted by molar-refractivity contribution is 7.12. The van der Waals surface area contributed by atoms with Crippen LogP contribution in [-0.2, 0) is 4.79 Å². The summed E-state index contributed by atoms with van der Waals surface area (Å²) in [6.07, 6.45) is 12.1. The minimum Gasteiger partial charge on any atom is -0.507 e. The van der Waals surface area contributed by atoms with Crippen LogP contribution in [0, 0.1) is 0 Å². The lowest BCUT2D eigenvalue weighted by Crippen LogP contribution is -2.10.